The molecular formula is C16H13N3O4S. The van der Waals surface area contributed by atoms with Crippen LogP contribution in [-0.4, -0.2) is 27.0 Å². The Labute approximate surface area is 141 Å². The Morgan fingerprint density at radius 2 is 1.88 bits per heavy atom. The first-order valence-electron chi connectivity index (χ1n) is 6.95. The van der Waals surface area contributed by atoms with Crippen molar-refractivity contribution < 1.29 is 14.9 Å². The molecule has 0 radical (unpaired) electrons. The highest BCUT2D eigenvalue weighted by molar-refractivity contribution is 7.98. The predicted molar refractivity (Wildman–Crippen MR) is 92.2 cm³/mol. The largest absolute Gasteiger partial charge is 0.490 e. The second-order valence-electron chi connectivity index (χ2n) is 4.95. The van der Waals surface area contributed by atoms with E-state index in [9.17, 15) is 20.0 Å². The van der Waals surface area contributed by atoms with E-state index in [0.717, 1.165) is 4.90 Å². The fourth-order valence-electron chi connectivity index (χ4n) is 2.47. The zero-order valence-corrected chi connectivity index (χ0v) is 13.4. The van der Waals surface area contributed by atoms with Gasteiger partial charge in [0.15, 0.2) is 5.03 Å². The van der Waals surface area contributed by atoms with E-state index in [-0.39, 0.29) is 11.1 Å². The van der Waals surface area contributed by atoms with E-state index in [0.29, 0.717) is 15.7 Å². The summed E-state index contributed by atoms with van der Waals surface area (Å²) in [4.78, 5) is 24.7. The first-order chi connectivity index (χ1) is 11.5. The summed E-state index contributed by atoms with van der Waals surface area (Å²) in [5.74, 6) is -1.30. The number of nitrogens with one attached hydrogen (secondary N) is 1. The SMILES string of the molecule is CSc1ccc(NC(=O)c2c(O)n([N+](=O)[O-])c3ccccc23)cc1. The monoisotopic (exact) mass is 343 g/mol. The molecule has 122 valence electrons. The van der Waals surface area contributed by atoms with Gasteiger partial charge >= 0.3 is 0 Å². The third-order valence-corrected chi connectivity index (χ3v) is 4.31. The van der Waals surface area contributed by atoms with E-state index in [1.807, 2.05) is 18.4 Å². The number of anilines is 1. The summed E-state index contributed by atoms with van der Waals surface area (Å²) >= 11 is 1.57. The fourth-order valence-corrected chi connectivity index (χ4v) is 2.88. The van der Waals surface area contributed by atoms with Crippen molar-refractivity contribution in [2.45, 2.75) is 4.90 Å². The Hall–Kier alpha value is -3.00. The summed E-state index contributed by atoms with van der Waals surface area (Å²) in [5, 5.41) is 23.5. The third-order valence-electron chi connectivity index (χ3n) is 3.56. The molecular weight excluding hydrogens is 330 g/mol. The number of hydrogen-bond acceptors (Lipinski definition) is 5. The summed E-state index contributed by atoms with van der Waals surface area (Å²) in [6, 6.07) is 13.4. The van der Waals surface area contributed by atoms with Crippen molar-refractivity contribution in [3.8, 4) is 5.88 Å². The lowest BCUT2D eigenvalue weighted by molar-refractivity contribution is -0.539. The summed E-state index contributed by atoms with van der Waals surface area (Å²) in [6.45, 7) is 0. The van der Waals surface area contributed by atoms with Crippen LogP contribution in [0.1, 0.15) is 10.4 Å². The number of amides is 1. The van der Waals surface area contributed by atoms with Gasteiger partial charge < -0.3 is 10.4 Å². The molecule has 0 fully saturated rings. The molecule has 0 saturated heterocycles. The molecule has 1 amide bonds. The topological polar surface area (TPSA) is 97.4 Å². The molecule has 2 N–H and O–H groups in total. The lowest BCUT2D eigenvalue weighted by atomic mass is 10.1. The first kappa shape index (κ1) is 15.9. The Morgan fingerprint density at radius 1 is 1.21 bits per heavy atom. The number of carbonyl (C=O) groups is 1. The number of aromatic nitrogens is 1. The molecule has 8 heteroatoms. The number of aromatic hydroxyl groups is 1. The number of fused-ring (bicyclic) bond motifs is 1. The van der Waals surface area contributed by atoms with Gasteiger partial charge in [0.2, 0.25) is 0 Å². The molecule has 7 nitrogen and oxygen atoms in total. The number of benzene rings is 2. The summed E-state index contributed by atoms with van der Waals surface area (Å²) in [7, 11) is 0. The second-order valence-corrected chi connectivity index (χ2v) is 5.83. The van der Waals surface area contributed by atoms with Crippen LogP contribution < -0.4 is 5.32 Å². The Bertz CT molecular complexity index is 934. The van der Waals surface area contributed by atoms with Crippen LogP contribution >= 0.6 is 11.8 Å². The number of nitrogens with zero attached hydrogens (tertiary/aromatic N) is 2. The number of para-hydroxylation sites is 1. The Morgan fingerprint density at radius 3 is 2.50 bits per heavy atom. The van der Waals surface area contributed by atoms with Crippen LogP contribution in [0.15, 0.2) is 53.4 Å². The highest BCUT2D eigenvalue weighted by Gasteiger charge is 2.27. The molecule has 1 aromatic heterocycles. The molecule has 3 aromatic rings. The summed E-state index contributed by atoms with van der Waals surface area (Å²) in [6.07, 6.45) is 1.94. The van der Waals surface area contributed by atoms with Gasteiger partial charge in [0.25, 0.3) is 11.8 Å². The summed E-state index contributed by atoms with van der Waals surface area (Å²) < 4.78 is 0.501. The van der Waals surface area contributed by atoms with Gasteiger partial charge in [0.1, 0.15) is 11.1 Å². The lowest BCUT2D eigenvalue weighted by Gasteiger charge is -2.05. The van der Waals surface area contributed by atoms with Crippen LogP contribution in [0, 0.1) is 10.1 Å². The van der Waals surface area contributed by atoms with E-state index in [4.69, 9.17) is 0 Å². The van der Waals surface area contributed by atoms with Crippen molar-refractivity contribution >= 4 is 34.3 Å². The highest BCUT2D eigenvalue weighted by atomic mass is 32.2. The van der Waals surface area contributed by atoms with E-state index in [1.54, 1.807) is 42.1 Å². The van der Waals surface area contributed by atoms with Gasteiger partial charge in [-0.3, -0.25) is 4.79 Å². The van der Waals surface area contributed by atoms with Crippen molar-refractivity contribution in [3.05, 3.63) is 64.2 Å². The highest BCUT2D eigenvalue weighted by Crippen LogP contribution is 2.31. The maximum atomic E-state index is 12.5. The normalized spacial score (nSPS) is 10.7. The molecule has 3 rings (SSSR count). The zero-order valence-electron chi connectivity index (χ0n) is 12.6. The summed E-state index contributed by atoms with van der Waals surface area (Å²) in [5.41, 5.74) is 0.564. The van der Waals surface area contributed by atoms with Crippen LogP contribution in [0.4, 0.5) is 5.69 Å². The van der Waals surface area contributed by atoms with Crippen molar-refractivity contribution in [2.24, 2.45) is 0 Å². The quantitative estimate of drug-likeness (QED) is 0.430. The molecule has 24 heavy (non-hydrogen) atoms. The van der Waals surface area contributed by atoms with Crippen molar-refractivity contribution in [3.63, 3.8) is 0 Å². The van der Waals surface area contributed by atoms with Gasteiger partial charge in [-0.15, -0.1) is 11.8 Å². The second kappa shape index (κ2) is 6.25. The first-order valence-corrected chi connectivity index (χ1v) is 8.18. The standard InChI is InChI=1S/C16H13N3O4S/c1-24-11-8-6-10(7-9-11)17-15(20)14-12-4-2-3-5-13(12)18(16(14)21)19(22)23/h2-9,21H,1H3,(H,17,20). The molecule has 0 atom stereocenters. The average Bonchev–Trinajstić information content (AvgIpc) is 2.87. The van der Waals surface area contributed by atoms with Gasteiger partial charge in [-0.2, -0.15) is 0 Å². The van der Waals surface area contributed by atoms with Crippen molar-refractivity contribution in [1.29, 1.82) is 0 Å². The maximum absolute atomic E-state index is 12.5. The minimum absolute atomic E-state index is 0.128. The van der Waals surface area contributed by atoms with Crippen molar-refractivity contribution in [2.75, 3.05) is 11.6 Å². The smallest absolute Gasteiger partial charge is 0.270 e. The number of carbonyl (C=O) groups excluding carboxylic acids is 1. The predicted octanol–water partition coefficient (Wildman–Crippen LogP) is 3.36. The van der Waals surface area contributed by atoms with Crippen LogP contribution in [0.3, 0.4) is 0 Å². The number of rotatable bonds is 4. The molecule has 1 heterocycles. The molecule has 0 aliphatic heterocycles. The van der Waals surface area contributed by atoms with Gasteiger partial charge in [-0.25, -0.2) is 10.1 Å². The molecule has 0 spiro atoms. The molecule has 0 aliphatic carbocycles. The van der Waals surface area contributed by atoms with Crippen LogP contribution in [0.5, 0.6) is 5.88 Å². The number of nitro groups is 1. The average molecular weight is 343 g/mol. The minimum Gasteiger partial charge on any atom is -0.490 e. The maximum Gasteiger partial charge on any atom is 0.270 e. The molecule has 0 bridgehead atoms. The molecule has 0 saturated carbocycles. The van der Waals surface area contributed by atoms with Crippen LogP contribution in [0.25, 0.3) is 10.9 Å². The Kier molecular flexibility index (Phi) is 4.13. The zero-order chi connectivity index (χ0) is 17.3. The van der Waals surface area contributed by atoms with Gasteiger partial charge in [-0.1, -0.05) is 18.2 Å². The lowest BCUT2D eigenvalue weighted by Crippen LogP contribution is -2.13. The van der Waals surface area contributed by atoms with Gasteiger partial charge in [0, 0.05) is 16.0 Å². The molecule has 0 unspecified atom stereocenters. The van der Waals surface area contributed by atoms with E-state index in [2.05, 4.69) is 5.32 Å². The fraction of sp³-hybridized carbons (Fsp3) is 0.0625. The minimum atomic E-state index is -0.762. The van der Waals surface area contributed by atoms with E-state index < -0.39 is 16.8 Å². The van der Waals surface area contributed by atoms with E-state index in [1.165, 1.54) is 6.07 Å². The Balaban J connectivity index is 2.03. The van der Waals surface area contributed by atoms with Crippen LogP contribution in [-0.2, 0) is 0 Å². The van der Waals surface area contributed by atoms with Gasteiger partial charge in [-0.05, 0) is 41.3 Å². The van der Waals surface area contributed by atoms with Crippen LogP contribution in [0.2, 0.25) is 0 Å². The van der Waals surface area contributed by atoms with Gasteiger partial charge in [0.05, 0.1) is 0 Å². The molecule has 0 aliphatic rings. The molecule has 2 aromatic carbocycles. The van der Waals surface area contributed by atoms with E-state index >= 15 is 0 Å². The number of hydrogen-bond donors (Lipinski definition) is 2. The van der Waals surface area contributed by atoms with Crippen molar-refractivity contribution in [1.82, 2.24) is 4.68 Å². The third kappa shape index (κ3) is 2.67. The number of thioether (sulfide) groups is 1.